The number of nitrogens with zero attached hydrogens (tertiary/aromatic N) is 2. The van der Waals surface area contributed by atoms with Crippen molar-refractivity contribution >= 4 is 27.5 Å². The number of hydrogen-bond acceptors (Lipinski definition) is 5. The highest BCUT2D eigenvalue weighted by Crippen LogP contribution is 2.28. The number of aryl methyl sites for hydroxylation is 1. The lowest BCUT2D eigenvalue weighted by molar-refractivity contribution is -0.140. The number of anilines is 1. The predicted octanol–water partition coefficient (Wildman–Crippen LogP) is 5.37. The summed E-state index contributed by atoms with van der Waals surface area (Å²) in [4.78, 5) is 29.7. The molecule has 0 aromatic heterocycles. The number of ether oxygens (including phenoxy) is 1. The average molecular weight is 614 g/mol. The molecule has 0 aliphatic carbocycles. The van der Waals surface area contributed by atoms with Crippen LogP contribution in [0.5, 0.6) is 5.75 Å². The van der Waals surface area contributed by atoms with Gasteiger partial charge in [0.05, 0.1) is 17.7 Å². The van der Waals surface area contributed by atoms with Gasteiger partial charge >= 0.3 is 0 Å². The van der Waals surface area contributed by atoms with E-state index < -0.39 is 28.5 Å². The number of carbonyl (C=O) groups excluding carboxylic acids is 2. The van der Waals surface area contributed by atoms with Crippen molar-refractivity contribution in [3.05, 3.63) is 126 Å². The van der Waals surface area contributed by atoms with Gasteiger partial charge in [-0.2, -0.15) is 0 Å². The number of rotatable bonds is 14. The Hall–Kier alpha value is -4.63. The molecule has 4 rings (SSSR count). The molecule has 1 atom stereocenters. The van der Waals surface area contributed by atoms with Crippen LogP contribution < -0.4 is 14.4 Å². The van der Waals surface area contributed by atoms with Crippen LogP contribution in [0.15, 0.2) is 114 Å². The summed E-state index contributed by atoms with van der Waals surface area (Å²) >= 11 is 0. The van der Waals surface area contributed by atoms with Crippen LogP contribution in [0.2, 0.25) is 0 Å². The molecule has 0 bridgehead atoms. The zero-order valence-corrected chi connectivity index (χ0v) is 26.2. The Morgan fingerprint density at radius 3 is 2.09 bits per heavy atom. The fourth-order valence-electron chi connectivity index (χ4n) is 4.83. The summed E-state index contributed by atoms with van der Waals surface area (Å²) in [5.41, 5.74) is 2.88. The van der Waals surface area contributed by atoms with Gasteiger partial charge in [-0.05, 0) is 48.7 Å². The van der Waals surface area contributed by atoms with E-state index in [2.05, 4.69) is 5.32 Å². The first kappa shape index (κ1) is 32.3. The largest absolute Gasteiger partial charge is 0.497 e. The molecule has 0 spiro atoms. The van der Waals surface area contributed by atoms with Crippen molar-refractivity contribution in [2.45, 2.75) is 44.2 Å². The van der Waals surface area contributed by atoms with E-state index in [1.165, 1.54) is 24.1 Å². The van der Waals surface area contributed by atoms with Crippen LogP contribution in [0, 0.1) is 6.92 Å². The normalized spacial score (nSPS) is 11.8. The Bertz CT molecular complexity index is 1630. The van der Waals surface area contributed by atoms with Crippen molar-refractivity contribution in [1.82, 2.24) is 10.2 Å². The second kappa shape index (κ2) is 15.2. The van der Waals surface area contributed by atoms with E-state index in [1.54, 1.807) is 36.4 Å². The average Bonchev–Trinajstić information content (AvgIpc) is 3.05. The zero-order valence-electron chi connectivity index (χ0n) is 25.3. The fourth-order valence-corrected chi connectivity index (χ4v) is 6.24. The first-order valence-electron chi connectivity index (χ1n) is 14.6. The Morgan fingerprint density at radius 1 is 0.841 bits per heavy atom. The fraction of sp³-hybridized carbons (Fsp3) is 0.257. The summed E-state index contributed by atoms with van der Waals surface area (Å²) in [6, 6.07) is 31.1. The topological polar surface area (TPSA) is 96.0 Å². The molecule has 0 aliphatic rings. The highest BCUT2D eigenvalue weighted by Gasteiger charge is 2.34. The van der Waals surface area contributed by atoms with Gasteiger partial charge in [0.25, 0.3) is 10.0 Å². The molecule has 0 saturated carbocycles. The van der Waals surface area contributed by atoms with Gasteiger partial charge in [0.15, 0.2) is 0 Å². The van der Waals surface area contributed by atoms with Gasteiger partial charge in [-0.3, -0.25) is 13.9 Å². The van der Waals surface area contributed by atoms with Crippen LogP contribution in [-0.4, -0.2) is 51.4 Å². The first-order chi connectivity index (χ1) is 21.2. The molecule has 0 radical (unpaired) electrons. The van der Waals surface area contributed by atoms with Crippen molar-refractivity contribution in [3.8, 4) is 5.75 Å². The molecule has 0 fully saturated rings. The minimum Gasteiger partial charge on any atom is -0.497 e. The Morgan fingerprint density at radius 2 is 1.48 bits per heavy atom. The summed E-state index contributed by atoms with van der Waals surface area (Å²) in [5.74, 6) is -0.365. The van der Waals surface area contributed by atoms with Crippen molar-refractivity contribution in [2.24, 2.45) is 0 Å². The molecular weight excluding hydrogens is 574 g/mol. The maximum Gasteiger partial charge on any atom is 0.264 e. The van der Waals surface area contributed by atoms with Crippen LogP contribution in [0.25, 0.3) is 0 Å². The lowest BCUT2D eigenvalue weighted by atomic mass is 10.0. The molecule has 44 heavy (non-hydrogen) atoms. The van der Waals surface area contributed by atoms with Crippen LogP contribution in [0.1, 0.15) is 30.0 Å². The second-order valence-electron chi connectivity index (χ2n) is 10.5. The quantitative estimate of drug-likeness (QED) is 0.207. The molecule has 8 nitrogen and oxygen atoms in total. The Labute approximate surface area is 260 Å². The zero-order chi connectivity index (χ0) is 31.5. The molecule has 1 unspecified atom stereocenters. The number of sulfonamides is 1. The second-order valence-corrected chi connectivity index (χ2v) is 12.4. The van der Waals surface area contributed by atoms with Crippen molar-refractivity contribution in [2.75, 3.05) is 24.5 Å². The minimum absolute atomic E-state index is 0.0508. The highest BCUT2D eigenvalue weighted by atomic mass is 32.2. The SMILES string of the molecule is CCCNC(=O)C(Cc1ccccc1)N(Cc1ccccc1)C(=O)CN(c1cccc(OC)c1)S(=O)(=O)c1ccc(C)cc1. The van der Waals surface area contributed by atoms with Crippen LogP contribution in [0.3, 0.4) is 0 Å². The molecule has 4 aromatic carbocycles. The maximum atomic E-state index is 14.4. The third kappa shape index (κ3) is 8.26. The Kier molecular flexibility index (Phi) is 11.2. The monoisotopic (exact) mass is 613 g/mol. The van der Waals surface area contributed by atoms with E-state index in [0.717, 1.165) is 27.4 Å². The maximum absolute atomic E-state index is 14.4. The third-order valence-electron chi connectivity index (χ3n) is 7.25. The molecule has 0 heterocycles. The lowest BCUT2D eigenvalue weighted by Gasteiger charge is -2.34. The molecule has 230 valence electrons. The smallest absolute Gasteiger partial charge is 0.264 e. The van der Waals surface area contributed by atoms with E-state index in [9.17, 15) is 18.0 Å². The van der Waals surface area contributed by atoms with Gasteiger partial charge < -0.3 is 15.0 Å². The summed E-state index contributed by atoms with van der Waals surface area (Å²) in [6.07, 6.45) is 0.994. The molecule has 4 aromatic rings. The summed E-state index contributed by atoms with van der Waals surface area (Å²) in [6.45, 7) is 3.88. The summed E-state index contributed by atoms with van der Waals surface area (Å²) in [7, 11) is -2.69. The number of benzene rings is 4. The van der Waals surface area contributed by atoms with E-state index in [1.807, 2.05) is 74.5 Å². The van der Waals surface area contributed by atoms with Gasteiger partial charge in [-0.1, -0.05) is 91.3 Å². The first-order valence-corrected chi connectivity index (χ1v) is 16.1. The van der Waals surface area contributed by atoms with E-state index in [-0.39, 0.29) is 29.5 Å². The van der Waals surface area contributed by atoms with E-state index in [4.69, 9.17) is 4.74 Å². The van der Waals surface area contributed by atoms with Gasteiger partial charge in [-0.15, -0.1) is 0 Å². The van der Waals surface area contributed by atoms with Crippen molar-refractivity contribution in [1.29, 1.82) is 0 Å². The molecule has 0 saturated heterocycles. The third-order valence-corrected chi connectivity index (χ3v) is 9.03. The van der Waals surface area contributed by atoms with E-state index >= 15 is 0 Å². The van der Waals surface area contributed by atoms with Crippen LogP contribution in [0.4, 0.5) is 5.69 Å². The number of amides is 2. The standard InChI is InChI=1S/C35H39N3O5S/c1-4-22-36-35(40)33(23-28-12-7-5-8-13-28)37(25-29-14-9-6-10-15-29)34(39)26-38(30-16-11-17-31(24-30)43-3)44(41,42)32-20-18-27(2)19-21-32/h5-21,24,33H,4,22-23,25-26H2,1-3H3,(H,36,40). The molecule has 1 N–H and O–H groups in total. The molecular formula is C35H39N3O5S. The van der Waals surface area contributed by atoms with Gasteiger partial charge in [0.2, 0.25) is 11.8 Å². The van der Waals surface area contributed by atoms with Crippen molar-refractivity contribution in [3.63, 3.8) is 0 Å². The number of methoxy groups -OCH3 is 1. The highest BCUT2D eigenvalue weighted by molar-refractivity contribution is 7.92. The van der Waals surface area contributed by atoms with Crippen LogP contribution in [-0.2, 0) is 32.6 Å². The lowest BCUT2D eigenvalue weighted by Crippen LogP contribution is -2.53. The number of carbonyl (C=O) groups is 2. The van der Waals surface area contributed by atoms with Gasteiger partial charge in [0, 0.05) is 25.6 Å². The Balaban J connectivity index is 1.79. The van der Waals surface area contributed by atoms with Gasteiger partial charge in [0.1, 0.15) is 18.3 Å². The number of hydrogen-bond donors (Lipinski definition) is 1. The summed E-state index contributed by atoms with van der Waals surface area (Å²) < 4.78 is 34.7. The molecule has 0 aliphatic heterocycles. The predicted molar refractivity (Wildman–Crippen MR) is 173 cm³/mol. The van der Waals surface area contributed by atoms with Crippen molar-refractivity contribution < 1.29 is 22.7 Å². The van der Waals surface area contributed by atoms with Crippen LogP contribution >= 0.6 is 0 Å². The molecule has 9 heteroatoms. The number of nitrogens with one attached hydrogen (secondary N) is 1. The van der Waals surface area contributed by atoms with Gasteiger partial charge in [-0.25, -0.2) is 8.42 Å². The molecule has 2 amide bonds. The van der Waals surface area contributed by atoms with E-state index in [0.29, 0.717) is 12.3 Å². The summed E-state index contributed by atoms with van der Waals surface area (Å²) in [5, 5.41) is 2.95. The minimum atomic E-state index is -4.19.